The first-order chi connectivity index (χ1) is 31.3. The Balaban J connectivity index is 1.49. The average molecular weight is 926 g/mol. The number of esters is 1. The number of amides is 1. The van der Waals surface area contributed by atoms with Gasteiger partial charge in [0.1, 0.15) is 30.5 Å². The molecule has 14 nitrogen and oxygen atoms in total. The fourth-order valence-corrected chi connectivity index (χ4v) is 10.9. The number of piperidine rings is 1. The first-order valence-electron chi connectivity index (χ1n) is 24.6. The molecule has 0 aromatic heterocycles. The molecule has 16 atom stereocenters. The molecule has 4 bridgehead atoms. The lowest BCUT2D eigenvalue weighted by molar-refractivity contribution is -0.265. The van der Waals surface area contributed by atoms with Crippen molar-refractivity contribution < 1.29 is 62.6 Å². The first kappa shape index (κ1) is 53.3. The van der Waals surface area contributed by atoms with Gasteiger partial charge in [0.05, 0.1) is 18.3 Å². The second-order valence-electron chi connectivity index (χ2n) is 20.4. The topological polar surface area (TPSA) is 184 Å². The number of rotatable bonds is 5. The van der Waals surface area contributed by atoms with Gasteiger partial charge in [-0.2, -0.15) is 0 Å². The number of methoxy groups -OCH3 is 2. The van der Waals surface area contributed by atoms with Gasteiger partial charge in [-0.25, -0.2) is 9.59 Å². The van der Waals surface area contributed by atoms with Crippen molar-refractivity contribution in [3.8, 4) is 0 Å². The summed E-state index contributed by atoms with van der Waals surface area (Å²) in [6, 6.07) is -1.11. The molecule has 4 heterocycles. The Morgan fingerprint density at radius 1 is 0.833 bits per heavy atom. The van der Waals surface area contributed by atoms with Gasteiger partial charge in [-0.15, -0.1) is 0 Å². The zero-order valence-corrected chi connectivity index (χ0v) is 41.1. The second-order valence-corrected chi connectivity index (χ2v) is 20.4. The molecular weight excluding hydrogens is 847 g/mol. The van der Waals surface area contributed by atoms with Crippen LogP contribution in [0.4, 0.5) is 4.79 Å². The number of carbonyl (C=O) groups is 5. The van der Waals surface area contributed by atoms with Crippen molar-refractivity contribution in [1.82, 2.24) is 4.90 Å². The van der Waals surface area contributed by atoms with Crippen LogP contribution in [0.1, 0.15) is 132 Å². The van der Waals surface area contributed by atoms with Gasteiger partial charge in [0.25, 0.3) is 11.7 Å². The molecule has 14 heteroatoms. The van der Waals surface area contributed by atoms with Crippen molar-refractivity contribution in [3.05, 3.63) is 47.6 Å². The number of nitrogens with zero attached hydrogens (tertiary/aromatic N) is 1. The van der Waals surface area contributed by atoms with Gasteiger partial charge >= 0.3 is 12.1 Å². The number of hydrogen-bond donors (Lipinski definition) is 2. The Labute approximate surface area is 392 Å². The summed E-state index contributed by atoms with van der Waals surface area (Å²) < 4.78 is 35.8. The van der Waals surface area contributed by atoms with E-state index >= 15 is 0 Å². The van der Waals surface area contributed by atoms with Crippen LogP contribution >= 0.6 is 0 Å². The number of Topliss-reactive ketones (excluding diaryl/α,β-unsaturated/α-hetero) is 2. The quantitative estimate of drug-likeness (QED) is 0.202. The number of aliphatic hydroxyl groups is 2. The molecular formula is C52H79NO13. The predicted molar refractivity (Wildman–Crippen MR) is 248 cm³/mol. The maximum absolute atomic E-state index is 14.4. The number of allylic oxidation sites excluding steroid dienone is 6. The summed E-state index contributed by atoms with van der Waals surface area (Å²) in [5.41, 5.74) is 1.30. The molecule has 66 heavy (non-hydrogen) atoms. The van der Waals surface area contributed by atoms with Crippen LogP contribution in [-0.4, -0.2) is 120 Å². The minimum Gasteiger partial charge on any atom is -0.460 e. The number of carbonyl (C=O) groups excluding carboxylic acids is 5. The Kier molecular flexibility index (Phi) is 19.4. The van der Waals surface area contributed by atoms with Crippen LogP contribution in [-0.2, 0) is 47.6 Å². The SMILES string of the molecule is COC1CC2CCC(C)C(O)(O2)C(=O)C(=O)N2CCCCC2C(=O)OC(C(C)CC2CCC(O)C(C)C2)CC(=O)C(C)=CC(C)C2OC(=O)OC(C(C)CC(C)C=CC=CC=C1C)C2OC. The monoisotopic (exact) mass is 926 g/mol. The number of cyclic esters (lactones) is 1. The highest BCUT2D eigenvalue weighted by atomic mass is 16.8. The normalized spacial score (nSPS) is 39.2. The van der Waals surface area contributed by atoms with E-state index in [9.17, 15) is 34.2 Å². The number of aliphatic hydroxyl groups excluding tert-OH is 1. The highest BCUT2D eigenvalue weighted by Gasteiger charge is 2.53. The van der Waals surface area contributed by atoms with E-state index in [4.69, 9.17) is 28.4 Å². The number of ketones is 2. The molecule has 1 aliphatic carbocycles. The highest BCUT2D eigenvalue weighted by Crippen LogP contribution is 2.39. The molecule has 5 rings (SSSR count). The molecule has 3 saturated heterocycles. The van der Waals surface area contributed by atoms with Crippen LogP contribution in [0.25, 0.3) is 0 Å². The summed E-state index contributed by atoms with van der Waals surface area (Å²) in [4.78, 5) is 71.3. The van der Waals surface area contributed by atoms with Gasteiger partial charge < -0.3 is 43.5 Å². The Bertz CT molecular complexity index is 1820. The lowest BCUT2D eigenvalue weighted by Crippen LogP contribution is -2.61. The first-order valence-corrected chi connectivity index (χ1v) is 24.6. The molecule has 16 unspecified atom stereocenters. The summed E-state index contributed by atoms with van der Waals surface area (Å²) in [7, 11) is 3.15. The molecule has 0 radical (unpaired) electrons. The lowest BCUT2D eigenvalue weighted by atomic mass is 9.75. The Morgan fingerprint density at radius 3 is 2.26 bits per heavy atom. The maximum atomic E-state index is 14.4. The largest absolute Gasteiger partial charge is 0.509 e. The van der Waals surface area contributed by atoms with E-state index in [0.717, 1.165) is 18.4 Å². The molecule has 0 spiro atoms. The fraction of sp³-hybridized carbons (Fsp3) is 0.750. The minimum atomic E-state index is -2.41. The van der Waals surface area contributed by atoms with Gasteiger partial charge in [0, 0.05) is 45.4 Å². The summed E-state index contributed by atoms with van der Waals surface area (Å²) in [6.45, 7) is 15.4. The van der Waals surface area contributed by atoms with Gasteiger partial charge in [0.15, 0.2) is 5.78 Å². The van der Waals surface area contributed by atoms with Crippen LogP contribution in [0, 0.1) is 41.4 Å². The summed E-state index contributed by atoms with van der Waals surface area (Å²) >= 11 is 0. The molecule has 0 aromatic carbocycles. The van der Waals surface area contributed by atoms with E-state index in [1.807, 2.05) is 58.9 Å². The van der Waals surface area contributed by atoms with E-state index in [0.29, 0.717) is 56.9 Å². The van der Waals surface area contributed by atoms with Crippen molar-refractivity contribution >= 4 is 29.6 Å². The maximum Gasteiger partial charge on any atom is 0.509 e. The molecule has 370 valence electrons. The number of ether oxygens (including phenoxy) is 6. The highest BCUT2D eigenvalue weighted by molar-refractivity contribution is 6.39. The van der Waals surface area contributed by atoms with E-state index in [1.165, 1.54) is 4.90 Å². The molecule has 5 aliphatic rings. The van der Waals surface area contributed by atoms with Gasteiger partial charge in [-0.3, -0.25) is 14.4 Å². The molecule has 4 fully saturated rings. The van der Waals surface area contributed by atoms with E-state index in [1.54, 1.807) is 34.1 Å². The number of fused-ring (bicyclic) bond motifs is 5. The van der Waals surface area contributed by atoms with Crippen LogP contribution in [0.5, 0.6) is 0 Å². The van der Waals surface area contributed by atoms with E-state index < -0.39 is 84.1 Å². The van der Waals surface area contributed by atoms with Crippen LogP contribution in [0.15, 0.2) is 47.6 Å². The molecule has 2 N–H and O–H groups in total. The van der Waals surface area contributed by atoms with Gasteiger partial charge in [-0.05, 0) is 119 Å². The smallest absolute Gasteiger partial charge is 0.460 e. The van der Waals surface area contributed by atoms with Crippen molar-refractivity contribution in [2.45, 2.75) is 187 Å². The van der Waals surface area contributed by atoms with Crippen LogP contribution < -0.4 is 0 Å². The van der Waals surface area contributed by atoms with E-state index in [-0.39, 0.29) is 60.9 Å². The summed E-state index contributed by atoms with van der Waals surface area (Å²) in [5.74, 6) is -6.58. The summed E-state index contributed by atoms with van der Waals surface area (Å²) in [5, 5.41) is 22.4. The Hall–Kier alpha value is -3.69. The van der Waals surface area contributed by atoms with Gasteiger partial charge in [0.2, 0.25) is 5.79 Å². The standard InChI is InChI=1S/C52H79NO13/c1-30-16-12-11-13-17-31(2)43(61-9)28-39-21-19-37(8)52(60,66-39)48(56)49(57)53-23-15-14-18-40(53)50(58)63-44(34(5)27-38-20-22-41(54)33(4)26-38)29-42(55)32(3)25-36(7)46-47(62-10)45(35(6)24-30)64-51(59)65-46/h11-13,16-17,25,30,33-41,43-47,54,60H,14-15,18-24,26-29H2,1-10H3. The van der Waals surface area contributed by atoms with Crippen LogP contribution in [0.2, 0.25) is 0 Å². The summed E-state index contributed by atoms with van der Waals surface area (Å²) in [6.07, 6.45) is 12.7. The number of hydrogen-bond acceptors (Lipinski definition) is 13. The zero-order chi connectivity index (χ0) is 48.5. The van der Waals surface area contributed by atoms with Gasteiger partial charge in [-0.1, -0.05) is 78.0 Å². The molecule has 0 aromatic rings. The predicted octanol–water partition coefficient (Wildman–Crippen LogP) is 7.78. The lowest BCUT2D eigenvalue weighted by Gasteiger charge is -2.42. The zero-order valence-electron chi connectivity index (χ0n) is 41.1. The third-order valence-electron chi connectivity index (χ3n) is 15.2. The fourth-order valence-electron chi connectivity index (χ4n) is 10.9. The third-order valence-corrected chi connectivity index (χ3v) is 15.2. The van der Waals surface area contributed by atoms with E-state index in [2.05, 4.69) is 13.0 Å². The molecule has 1 saturated carbocycles. The van der Waals surface area contributed by atoms with Crippen molar-refractivity contribution in [1.29, 1.82) is 0 Å². The second kappa shape index (κ2) is 24.0. The Morgan fingerprint density at radius 2 is 1.56 bits per heavy atom. The minimum absolute atomic E-state index is 0.103. The van der Waals surface area contributed by atoms with Crippen molar-refractivity contribution in [2.75, 3.05) is 20.8 Å². The van der Waals surface area contributed by atoms with Crippen LogP contribution in [0.3, 0.4) is 0 Å². The van der Waals surface area contributed by atoms with Crippen molar-refractivity contribution in [3.63, 3.8) is 0 Å². The molecule has 4 aliphatic heterocycles. The molecule has 1 amide bonds. The third kappa shape index (κ3) is 13.3. The van der Waals surface area contributed by atoms with Crippen molar-refractivity contribution in [2.24, 2.45) is 41.4 Å². The average Bonchev–Trinajstić information content (AvgIpc) is 3.28.